The van der Waals surface area contributed by atoms with E-state index in [9.17, 15) is 4.79 Å². The first kappa shape index (κ1) is 18.5. The topological polar surface area (TPSA) is 72.6 Å². The lowest BCUT2D eigenvalue weighted by Crippen LogP contribution is -2.62. The molecule has 5 rings (SSSR count). The molecule has 4 bridgehead atoms. The zero-order valence-electron chi connectivity index (χ0n) is 15.0. The molecular weight excluding hydrogens is 338 g/mol. The number of halogens is 1. The summed E-state index contributed by atoms with van der Waals surface area (Å²) in [6, 6.07) is 8.55. The van der Waals surface area contributed by atoms with Gasteiger partial charge in [0.25, 0.3) is 5.56 Å². The molecule has 3 N–H and O–H groups in total. The van der Waals surface area contributed by atoms with Crippen molar-refractivity contribution in [2.24, 2.45) is 22.5 Å². The largest absolute Gasteiger partial charge is 0.478 e. The maximum atomic E-state index is 10.2. The van der Waals surface area contributed by atoms with Gasteiger partial charge in [-0.25, -0.2) is 4.79 Å². The van der Waals surface area contributed by atoms with Crippen LogP contribution in [0.5, 0.6) is 5.75 Å². The predicted molar refractivity (Wildman–Crippen MR) is 98.7 cm³/mol. The SMILES string of the molecule is C[C@]12CC3CC(N)(C1)C[C@@](C)(C3)C2.O=C(O)C(Cl)Oc1ccccc1. The Morgan fingerprint density at radius 2 is 1.72 bits per heavy atom. The summed E-state index contributed by atoms with van der Waals surface area (Å²) < 4.78 is 4.84. The summed E-state index contributed by atoms with van der Waals surface area (Å²) in [4.78, 5) is 10.2. The van der Waals surface area contributed by atoms with Crippen LogP contribution in [0.15, 0.2) is 30.3 Å². The van der Waals surface area contributed by atoms with E-state index < -0.39 is 11.5 Å². The van der Waals surface area contributed by atoms with Gasteiger partial charge < -0.3 is 15.6 Å². The minimum Gasteiger partial charge on any atom is -0.478 e. The number of hydrogen-bond donors (Lipinski definition) is 2. The molecule has 138 valence electrons. The molecule has 4 aliphatic carbocycles. The molecule has 5 atom stereocenters. The minimum absolute atomic E-state index is 0.225. The number of carboxylic acid groups (broad SMARTS) is 1. The summed E-state index contributed by atoms with van der Waals surface area (Å²) in [6.45, 7) is 4.94. The number of aliphatic carboxylic acids is 1. The lowest BCUT2D eigenvalue weighted by molar-refractivity contribution is -0.141. The second-order valence-corrected chi connectivity index (χ2v) is 9.47. The fraction of sp³-hybridized carbons (Fsp3) is 0.650. The highest BCUT2D eigenvalue weighted by Gasteiger charge is 2.58. The molecule has 0 saturated heterocycles. The Balaban J connectivity index is 0.000000147. The van der Waals surface area contributed by atoms with Crippen molar-refractivity contribution in [2.45, 2.75) is 63.5 Å². The normalized spacial score (nSPS) is 39.3. The van der Waals surface area contributed by atoms with Gasteiger partial charge >= 0.3 is 5.97 Å². The average Bonchev–Trinajstić information content (AvgIpc) is 2.43. The summed E-state index contributed by atoms with van der Waals surface area (Å²) in [5.74, 6) is 0.205. The quantitative estimate of drug-likeness (QED) is 0.778. The zero-order chi connectivity index (χ0) is 18.3. The third-order valence-electron chi connectivity index (χ3n) is 5.85. The van der Waals surface area contributed by atoms with Gasteiger partial charge in [-0.05, 0) is 67.4 Å². The van der Waals surface area contributed by atoms with Crippen LogP contribution in [-0.2, 0) is 4.79 Å². The molecule has 0 amide bonds. The van der Waals surface area contributed by atoms with Crippen LogP contribution in [0.1, 0.15) is 52.4 Å². The number of rotatable bonds is 3. The fourth-order valence-corrected chi connectivity index (χ4v) is 6.31. The van der Waals surface area contributed by atoms with Crippen molar-refractivity contribution in [3.8, 4) is 5.75 Å². The molecule has 4 saturated carbocycles. The van der Waals surface area contributed by atoms with Crippen molar-refractivity contribution in [3.63, 3.8) is 0 Å². The van der Waals surface area contributed by atoms with Crippen molar-refractivity contribution in [3.05, 3.63) is 30.3 Å². The number of benzene rings is 1. The zero-order valence-corrected chi connectivity index (χ0v) is 15.8. The standard InChI is InChI=1S/C12H21N.C8H7ClO3/c1-10-3-9-4-11(2,6-10)8-12(13,5-9)7-10;9-7(8(10)11)12-6-4-2-1-3-5-6/h9H,3-8,13H2,1-2H3;1-5,7H,(H,10,11)/t9?,10-,11+,12?;. The first-order chi connectivity index (χ1) is 11.6. The van der Waals surface area contributed by atoms with Crippen LogP contribution in [0.2, 0.25) is 0 Å². The number of para-hydroxylation sites is 1. The van der Waals surface area contributed by atoms with Crippen LogP contribution >= 0.6 is 11.6 Å². The Labute approximate surface area is 154 Å². The van der Waals surface area contributed by atoms with Crippen LogP contribution in [0, 0.1) is 16.7 Å². The van der Waals surface area contributed by atoms with Crippen LogP contribution in [0.25, 0.3) is 0 Å². The lowest BCUT2D eigenvalue weighted by atomic mass is 9.43. The van der Waals surface area contributed by atoms with Crippen molar-refractivity contribution < 1.29 is 14.6 Å². The van der Waals surface area contributed by atoms with E-state index in [1.165, 1.54) is 38.5 Å². The average molecular weight is 366 g/mol. The molecule has 4 nitrogen and oxygen atoms in total. The first-order valence-corrected chi connectivity index (χ1v) is 9.42. The van der Waals surface area contributed by atoms with Crippen molar-refractivity contribution >= 4 is 17.6 Å². The Morgan fingerprint density at radius 1 is 1.16 bits per heavy atom. The summed E-state index contributed by atoms with van der Waals surface area (Å²) in [5, 5.41) is 8.39. The molecule has 1 aromatic rings. The fourth-order valence-electron chi connectivity index (χ4n) is 6.20. The number of carboxylic acids is 1. The van der Waals surface area contributed by atoms with Gasteiger partial charge in [-0.2, -0.15) is 0 Å². The minimum atomic E-state index is -1.33. The van der Waals surface area contributed by atoms with Crippen LogP contribution in [-0.4, -0.2) is 22.2 Å². The van der Waals surface area contributed by atoms with Gasteiger partial charge in [-0.15, -0.1) is 0 Å². The Morgan fingerprint density at radius 3 is 2.16 bits per heavy atom. The molecular formula is C20H28ClNO3. The highest BCUT2D eigenvalue weighted by Crippen LogP contribution is 2.65. The second-order valence-electron chi connectivity index (χ2n) is 9.08. The summed E-state index contributed by atoms with van der Waals surface area (Å²) in [6.07, 6.45) is 8.27. The van der Waals surface area contributed by atoms with Gasteiger partial charge in [-0.1, -0.05) is 43.6 Å². The van der Waals surface area contributed by atoms with Crippen LogP contribution in [0.3, 0.4) is 0 Å². The summed E-state index contributed by atoms with van der Waals surface area (Å²) in [5.41, 5.74) is 6.59. The van der Waals surface area contributed by atoms with Crippen LogP contribution in [0.4, 0.5) is 0 Å². The smallest absolute Gasteiger partial charge is 0.360 e. The Kier molecular flexibility index (Phi) is 4.80. The molecule has 25 heavy (non-hydrogen) atoms. The maximum Gasteiger partial charge on any atom is 0.360 e. The van der Waals surface area contributed by atoms with Gasteiger partial charge in [0, 0.05) is 5.54 Å². The van der Waals surface area contributed by atoms with Gasteiger partial charge in [0.15, 0.2) is 0 Å². The Bertz CT molecular complexity index is 584. The van der Waals surface area contributed by atoms with E-state index >= 15 is 0 Å². The number of carbonyl (C=O) groups is 1. The molecule has 0 spiro atoms. The van der Waals surface area contributed by atoms with Crippen molar-refractivity contribution in [1.29, 1.82) is 0 Å². The highest BCUT2D eigenvalue weighted by atomic mass is 35.5. The van der Waals surface area contributed by atoms with Gasteiger partial charge in [0.2, 0.25) is 0 Å². The predicted octanol–water partition coefficient (Wildman–Crippen LogP) is 4.41. The third kappa shape index (κ3) is 4.29. The molecule has 0 aromatic heterocycles. The molecule has 0 aliphatic heterocycles. The van der Waals surface area contributed by atoms with Gasteiger partial charge in [-0.3, -0.25) is 0 Å². The van der Waals surface area contributed by atoms with Gasteiger partial charge in [0.1, 0.15) is 5.75 Å². The monoisotopic (exact) mass is 365 g/mol. The van der Waals surface area contributed by atoms with Crippen molar-refractivity contribution in [2.75, 3.05) is 0 Å². The third-order valence-corrected chi connectivity index (χ3v) is 6.12. The molecule has 0 radical (unpaired) electrons. The molecule has 0 heterocycles. The molecule has 5 heteroatoms. The summed E-state index contributed by atoms with van der Waals surface area (Å²) in [7, 11) is 0. The Hall–Kier alpha value is -1.26. The van der Waals surface area contributed by atoms with Crippen LogP contribution < -0.4 is 10.5 Å². The van der Waals surface area contributed by atoms with E-state index in [0.717, 1.165) is 5.92 Å². The van der Waals surface area contributed by atoms with E-state index in [-0.39, 0.29) is 5.54 Å². The molecule has 4 aliphatic rings. The summed E-state index contributed by atoms with van der Waals surface area (Å²) >= 11 is 5.33. The maximum absolute atomic E-state index is 10.2. The van der Waals surface area contributed by atoms with E-state index in [1.54, 1.807) is 30.3 Å². The van der Waals surface area contributed by atoms with E-state index in [2.05, 4.69) is 13.8 Å². The highest BCUT2D eigenvalue weighted by molar-refractivity contribution is 6.28. The number of nitrogens with two attached hydrogens (primary N) is 1. The van der Waals surface area contributed by atoms with E-state index in [4.69, 9.17) is 27.2 Å². The number of hydrogen-bond acceptors (Lipinski definition) is 3. The van der Waals surface area contributed by atoms with Crippen molar-refractivity contribution in [1.82, 2.24) is 0 Å². The second kappa shape index (κ2) is 6.48. The van der Waals surface area contributed by atoms with E-state index in [0.29, 0.717) is 16.6 Å². The van der Waals surface area contributed by atoms with E-state index in [1.807, 2.05) is 0 Å². The van der Waals surface area contributed by atoms with Gasteiger partial charge in [0.05, 0.1) is 0 Å². The lowest BCUT2D eigenvalue weighted by Gasteiger charge is -2.64. The number of alkyl halides is 1. The first-order valence-electron chi connectivity index (χ1n) is 8.98. The molecule has 3 unspecified atom stereocenters. The molecule has 1 aromatic carbocycles. The molecule has 4 fully saturated rings. The number of ether oxygens (including phenoxy) is 1.